The molecule has 62 heavy (non-hydrogen) atoms. The van der Waals surface area contributed by atoms with Crippen LogP contribution in [-0.2, 0) is 28.6 Å². The van der Waals surface area contributed by atoms with E-state index in [2.05, 4.69) is 111 Å². The number of nitrogens with zero attached hydrogens (tertiary/aromatic N) is 1. The molecule has 0 spiro atoms. The maximum absolute atomic E-state index is 12.7. The van der Waals surface area contributed by atoms with Crippen molar-refractivity contribution in [1.82, 2.24) is 0 Å². The van der Waals surface area contributed by atoms with Gasteiger partial charge in [0.05, 0.1) is 40.3 Å². The Kier molecular flexibility index (Phi) is 41.2. The molecule has 0 saturated carbocycles. The van der Waals surface area contributed by atoms with Gasteiger partial charge >= 0.3 is 11.9 Å². The minimum atomic E-state index is -1.14. The van der Waals surface area contributed by atoms with E-state index < -0.39 is 18.1 Å². The summed E-state index contributed by atoms with van der Waals surface area (Å²) in [6.07, 6.45) is 58.7. The first-order valence-electron chi connectivity index (χ1n) is 24.3. The largest absolute Gasteiger partial charge is 0.544 e. The van der Waals surface area contributed by atoms with Crippen LogP contribution in [-0.4, -0.2) is 75.5 Å². The van der Waals surface area contributed by atoms with Crippen molar-refractivity contribution in [2.45, 2.75) is 187 Å². The number of hydrogen-bond donors (Lipinski definition) is 0. The fourth-order valence-corrected chi connectivity index (χ4v) is 6.53. The van der Waals surface area contributed by atoms with Crippen LogP contribution < -0.4 is 5.11 Å². The van der Waals surface area contributed by atoms with Crippen molar-refractivity contribution in [1.29, 1.82) is 0 Å². The minimum absolute atomic E-state index is 0.0118. The van der Waals surface area contributed by atoms with Crippen LogP contribution in [0.5, 0.6) is 0 Å². The van der Waals surface area contributed by atoms with Crippen LogP contribution in [0.3, 0.4) is 0 Å². The molecule has 0 heterocycles. The van der Waals surface area contributed by atoms with Crippen molar-refractivity contribution < 1.29 is 38.2 Å². The van der Waals surface area contributed by atoms with Crippen molar-refractivity contribution in [3.63, 3.8) is 0 Å². The number of aliphatic carboxylic acids is 1. The second-order valence-electron chi connectivity index (χ2n) is 16.9. The molecule has 0 N–H and O–H groups in total. The zero-order chi connectivity index (χ0) is 45.6. The number of likely N-dealkylation sites (N-methyl/N-ethyl adjacent to an activating group) is 1. The number of unbranched alkanes of at least 4 members (excludes halogenated alkanes) is 12. The molecule has 0 aliphatic carbocycles. The molecule has 0 radical (unpaired) electrons. The van der Waals surface area contributed by atoms with Crippen LogP contribution in [0.4, 0.5) is 0 Å². The van der Waals surface area contributed by atoms with Gasteiger partial charge in [-0.25, -0.2) is 0 Å². The highest BCUT2D eigenvalue weighted by Gasteiger charge is 2.25. The first-order chi connectivity index (χ1) is 30.1. The Labute approximate surface area is 379 Å². The number of quaternary nitrogens is 1. The van der Waals surface area contributed by atoms with E-state index in [1.54, 1.807) is 21.1 Å². The number of rotatable bonds is 42. The molecule has 0 aromatic heterocycles. The second-order valence-corrected chi connectivity index (χ2v) is 16.9. The molecule has 0 bridgehead atoms. The van der Waals surface area contributed by atoms with Gasteiger partial charge in [-0.1, -0.05) is 169 Å². The van der Waals surface area contributed by atoms with Gasteiger partial charge in [0.2, 0.25) is 0 Å². The monoisotopic (exact) mass is 864 g/mol. The quantitative estimate of drug-likeness (QED) is 0.0261. The van der Waals surface area contributed by atoms with E-state index in [0.717, 1.165) is 77.0 Å². The van der Waals surface area contributed by atoms with Gasteiger partial charge in [0, 0.05) is 19.3 Å². The molecule has 0 amide bonds. The number of carboxylic acid groups (broad SMARTS) is 1. The fraction of sp³-hybridized carbons (Fsp3) is 0.648. The minimum Gasteiger partial charge on any atom is -0.544 e. The van der Waals surface area contributed by atoms with Gasteiger partial charge in [-0.2, -0.15) is 0 Å². The summed E-state index contributed by atoms with van der Waals surface area (Å²) in [5.74, 6) is -1.82. The number of esters is 2. The van der Waals surface area contributed by atoms with Crippen LogP contribution >= 0.6 is 0 Å². The Bertz CT molecular complexity index is 1330. The zero-order valence-corrected chi connectivity index (χ0v) is 40.0. The third-order valence-corrected chi connectivity index (χ3v) is 10.2. The third kappa shape index (κ3) is 41.6. The third-order valence-electron chi connectivity index (χ3n) is 10.2. The normalized spacial score (nSPS) is 13.8. The molecule has 0 saturated heterocycles. The summed E-state index contributed by atoms with van der Waals surface area (Å²) in [7, 11) is 5.38. The lowest BCUT2D eigenvalue weighted by Gasteiger charge is -2.34. The molecule has 2 atom stereocenters. The maximum atomic E-state index is 12.7. The van der Waals surface area contributed by atoms with Gasteiger partial charge in [0.15, 0.2) is 6.10 Å². The smallest absolute Gasteiger partial charge is 0.306 e. The number of hydrogen-bond acceptors (Lipinski definition) is 7. The van der Waals surface area contributed by atoms with Crippen molar-refractivity contribution in [2.75, 3.05) is 41.0 Å². The van der Waals surface area contributed by atoms with Crippen molar-refractivity contribution >= 4 is 17.9 Å². The molecule has 0 fully saturated rings. The summed E-state index contributed by atoms with van der Waals surface area (Å²) in [4.78, 5) is 37.0. The summed E-state index contributed by atoms with van der Waals surface area (Å²) in [6, 6.07) is -0.742. The Morgan fingerprint density at radius 3 is 1.31 bits per heavy atom. The van der Waals surface area contributed by atoms with E-state index in [1.165, 1.54) is 57.8 Å². The van der Waals surface area contributed by atoms with E-state index in [9.17, 15) is 19.5 Å². The Morgan fingerprint density at radius 2 is 0.871 bits per heavy atom. The average Bonchev–Trinajstić information content (AvgIpc) is 3.23. The van der Waals surface area contributed by atoms with Crippen LogP contribution in [0.15, 0.2) is 97.2 Å². The van der Waals surface area contributed by atoms with E-state index in [4.69, 9.17) is 14.2 Å². The lowest BCUT2D eigenvalue weighted by Crippen LogP contribution is -2.55. The number of carboxylic acids is 1. The molecule has 352 valence electrons. The maximum Gasteiger partial charge on any atom is 0.306 e. The highest BCUT2D eigenvalue weighted by molar-refractivity contribution is 5.70. The molecule has 2 unspecified atom stereocenters. The van der Waals surface area contributed by atoms with Gasteiger partial charge < -0.3 is 28.6 Å². The molecular formula is C54H89NO7. The first kappa shape index (κ1) is 58.2. The van der Waals surface area contributed by atoms with E-state index in [-0.39, 0.29) is 49.1 Å². The number of carbonyl (C=O) groups is 3. The number of carbonyl (C=O) groups excluding carboxylic acids is 3. The average molecular weight is 864 g/mol. The molecule has 0 aromatic carbocycles. The van der Waals surface area contributed by atoms with Gasteiger partial charge in [-0.3, -0.25) is 9.59 Å². The van der Waals surface area contributed by atoms with Crippen LogP contribution in [0.2, 0.25) is 0 Å². The van der Waals surface area contributed by atoms with Gasteiger partial charge in [-0.15, -0.1) is 0 Å². The van der Waals surface area contributed by atoms with E-state index in [1.807, 2.05) is 0 Å². The fourth-order valence-electron chi connectivity index (χ4n) is 6.53. The summed E-state index contributed by atoms with van der Waals surface area (Å²) in [6.45, 7) is 4.37. The molecule has 0 aliphatic heterocycles. The second kappa shape index (κ2) is 43.9. The predicted molar refractivity (Wildman–Crippen MR) is 258 cm³/mol. The Balaban J connectivity index is 4.36. The highest BCUT2D eigenvalue weighted by Crippen LogP contribution is 2.14. The van der Waals surface area contributed by atoms with E-state index in [0.29, 0.717) is 12.8 Å². The Morgan fingerprint density at radius 1 is 0.484 bits per heavy atom. The van der Waals surface area contributed by atoms with Crippen LogP contribution in [0.1, 0.15) is 174 Å². The SMILES string of the molecule is CC/C=C/C/C=C/C/C=C/C/C=C/C/C=C/CCCC(=O)OC(COCCC(C(=O)[O-])[N+](C)(C)C)COC(=O)CCCCCCCCCCCCC/C=C/C/C=C/C/C=C/CC. The number of ether oxygens (including phenoxy) is 3. The molecule has 8 nitrogen and oxygen atoms in total. The predicted octanol–water partition coefficient (Wildman–Crippen LogP) is 12.5. The highest BCUT2D eigenvalue weighted by atomic mass is 16.6. The summed E-state index contributed by atoms with van der Waals surface area (Å²) < 4.78 is 17.1. The lowest BCUT2D eigenvalue weighted by molar-refractivity contribution is -0.889. The van der Waals surface area contributed by atoms with Gasteiger partial charge in [-0.05, 0) is 83.5 Å². The summed E-state index contributed by atoms with van der Waals surface area (Å²) >= 11 is 0. The van der Waals surface area contributed by atoms with Gasteiger partial charge in [0.25, 0.3) is 0 Å². The topological polar surface area (TPSA) is 102 Å². The molecule has 0 rings (SSSR count). The standard InChI is InChI=1S/C54H89NO7/c1-6-8-10-12-14-16-18-20-22-24-25-26-27-29-30-32-34-36-38-40-42-44-52(56)61-49-50(48-60-47-46-51(54(58)59)55(3,4)5)62-53(57)45-43-41-39-37-35-33-31-28-23-21-19-17-15-13-11-9-7-2/h8-11,14-17,20-23,31,33,37,39,50-51H,6-7,12-13,18-19,24-30,32,34-36,38,40-49H2,1-5H3/b10-8+,11-9+,16-14+,17-15+,22-20+,23-21+,33-31+,39-37+. The lowest BCUT2D eigenvalue weighted by atomic mass is 10.0. The molecule has 0 aliphatic rings. The van der Waals surface area contributed by atoms with E-state index >= 15 is 0 Å². The molecular weight excluding hydrogens is 775 g/mol. The zero-order valence-electron chi connectivity index (χ0n) is 40.0. The van der Waals surface area contributed by atoms with Crippen LogP contribution in [0.25, 0.3) is 0 Å². The summed E-state index contributed by atoms with van der Waals surface area (Å²) in [5, 5.41) is 11.6. The van der Waals surface area contributed by atoms with Crippen molar-refractivity contribution in [3.8, 4) is 0 Å². The number of allylic oxidation sites excluding steroid dienone is 16. The van der Waals surface area contributed by atoms with Crippen molar-refractivity contribution in [2.24, 2.45) is 0 Å². The first-order valence-corrected chi connectivity index (χ1v) is 24.3. The van der Waals surface area contributed by atoms with Crippen molar-refractivity contribution in [3.05, 3.63) is 97.2 Å². The summed E-state index contributed by atoms with van der Waals surface area (Å²) in [5.41, 5.74) is 0. The molecule has 8 heteroatoms. The van der Waals surface area contributed by atoms with Crippen LogP contribution in [0, 0.1) is 0 Å². The van der Waals surface area contributed by atoms with Gasteiger partial charge in [0.1, 0.15) is 12.6 Å². The molecule has 0 aromatic rings. The Hall–Kier alpha value is -3.75.